The molecule has 0 aliphatic heterocycles. The molecule has 0 aliphatic carbocycles. The largest absolute Gasteiger partial charge is 0.454 e. The molecule has 0 heterocycles. The minimum Gasteiger partial charge on any atom is -0.454 e. The Kier molecular flexibility index (Phi) is 5.05. The van der Waals surface area contributed by atoms with E-state index in [0.29, 0.717) is 11.1 Å². The molecule has 0 spiro atoms. The van der Waals surface area contributed by atoms with E-state index in [1.165, 1.54) is 0 Å². The van der Waals surface area contributed by atoms with Gasteiger partial charge in [-0.05, 0) is 30.2 Å². The molecule has 0 unspecified atom stereocenters. The van der Waals surface area contributed by atoms with Crippen molar-refractivity contribution in [3.05, 3.63) is 95.6 Å². The molecule has 0 N–H and O–H groups in total. The topological polar surface area (TPSA) is 43.4 Å². The van der Waals surface area contributed by atoms with Crippen molar-refractivity contribution in [2.75, 3.05) is 6.61 Å². The van der Waals surface area contributed by atoms with Gasteiger partial charge in [-0.3, -0.25) is 4.79 Å². The number of esters is 1. The van der Waals surface area contributed by atoms with Gasteiger partial charge < -0.3 is 4.74 Å². The molecular formula is C22H18O3. The second-order valence-corrected chi connectivity index (χ2v) is 5.81. The lowest BCUT2D eigenvalue weighted by molar-refractivity contribution is 0.0475. The molecule has 0 fully saturated rings. The van der Waals surface area contributed by atoms with Crippen molar-refractivity contribution in [1.82, 2.24) is 0 Å². The van der Waals surface area contributed by atoms with Crippen molar-refractivity contribution in [3.63, 3.8) is 0 Å². The second-order valence-electron chi connectivity index (χ2n) is 5.81. The van der Waals surface area contributed by atoms with Gasteiger partial charge in [0.1, 0.15) is 0 Å². The van der Waals surface area contributed by atoms with Gasteiger partial charge in [-0.25, -0.2) is 4.79 Å². The van der Waals surface area contributed by atoms with Gasteiger partial charge in [0.2, 0.25) is 0 Å². The van der Waals surface area contributed by atoms with Gasteiger partial charge in [0, 0.05) is 5.56 Å². The Hall–Kier alpha value is -3.20. The Balaban J connectivity index is 1.61. The number of ether oxygens (including phenoxy) is 1. The molecule has 0 aliphatic rings. The molecule has 3 rings (SSSR count). The van der Waals surface area contributed by atoms with Crippen LogP contribution in [-0.4, -0.2) is 18.4 Å². The molecule has 25 heavy (non-hydrogen) atoms. The molecule has 3 aromatic rings. The molecule has 124 valence electrons. The van der Waals surface area contributed by atoms with Crippen molar-refractivity contribution in [2.24, 2.45) is 0 Å². The number of hydrogen-bond acceptors (Lipinski definition) is 3. The van der Waals surface area contributed by atoms with E-state index >= 15 is 0 Å². The highest BCUT2D eigenvalue weighted by Gasteiger charge is 2.12. The first-order valence-corrected chi connectivity index (χ1v) is 8.06. The Morgan fingerprint density at radius 2 is 1.28 bits per heavy atom. The van der Waals surface area contributed by atoms with Gasteiger partial charge in [-0.1, -0.05) is 72.3 Å². The van der Waals surface area contributed by atoms with Crippen LogP contribution in [0, 0.1) is 6.92 Å². The molecule has 0 atom stereocenters. The summed E-state index contributed by atoms with van der Waals surface area (Å²) < 4.78 is 5.11. The van der Waals surface area contributed by atoms with Gasteiger partial charge in [0.25, 0.3) is 0 Å². The molecule has 0 saturated heterocycles. The molecule has 0 aromatic heterocycles. The first-order chi connectivity index (χ1) is 12.1. The summed E-state index contributed by atoms with van der Waals surface area (Å²) in [5.74, 6) is -0.714. The van der Waals surface area contributed by atoms with Crippen molar-refractivity contribution in [1.29, 1.82) is 0 Å². The Labute approximate surface area is 146 Å². The highest BCUT2D eigenvalue weighted by atomic mass is 16.5. The maximum atomic E-state index is 12.2. The van der Waals surface area contributed by atoms with E-state index in [-0.39, 0.29) is 12.4 Å². The summed E-state index contributed by atoms with van der Waals surface area (Å²) in [6, 6.07) is 24.3. The van der Waals surface area contributed by atoms with Crippen LogP contribution in [0.15, 0.2) is 78.9 Å². The normalized spacial score (nSPS) is 10.3. The number of hydrogen-bond donors (Lipinski definition) is 0. The highest BCUT2D eigenvalue weighted by molar-refractivity contribution is 5.99. The van der Waals surface area contributed by atoms with Crippen LogP contribution in [0.5, 0.6) is 0 Å². The second kappa shape index (κ2) is 7.58. The number of carbonyl (C=O) groups is 2. The smallest absolute Gasteiger partial charge is 0.338 e. The maximum Gasteiger partial charge on any atom is 0.338 e. The number of carbonyl (C=O) groups excluding carboxylic acids is 2. The Morgan fingerprint density at radius 1 is 0.720 bits per heavy atom. The number of aryl methyl sites for hydroxylation is 1. The number of benzene rings is 3. The third-order valence-electron chi connectivity index (χ3n) is 3.94. The standard InChI is InChI=1S/C22H18O3/c1-16-7-9-20(10-8-16)22(24)25-15-21(23)19-13-11-18(12-14-19)17-5-3-2-4-6-17/h2-14H,15H2,1H3. The van der Waals surface area contributed by atoms with Crippen LogP contribution in [0.25, 0.3) is 11.1 Å². The van der Waals surface area contributed by atoms with Crippen molar-refractivity contribution in [3.8, 4) is 11.1 Å². The van der Waals surface area contributed by atoms with Crippen LogP contribution in [0.4, 0.5) is 0 Å². The van der Waals surface area contributed by atoms with Gasteiger partial charge in [-0.15, -0.1) is 0 Å². The van der Waals surface area contributed by atoms with Gasteiger partial charge >= 0.3 is 5.97 Å². The number of Topliss-reactive ketones (excluding diaryl/α,β-unsaturated/α-hetero) is 1. The lowest BCUT2D eigenvalue weighted by atomic mass is 10.0. The lowest BCUT2D eigenvalue weighted by Gasteiger charge is -2.06. The van der Waals surface area contributed by atoms with E-state index in [1.54, 1.807) is 24.3 Å². The minimum atomic E-state index is -0.491. The van der Waals surface area contributed by atoms with Gasteiger partial charge in [-0.2, -0.15) is 0 Å². The Bertz CT molecular complexity index is 863. The van der Waals surface area contributed by atoms with E-state index in [2.05, 4.69) is 0 Å². The van der Waals surface area contributed by atoms with E-state index in [4.69, 9.17) is 4.74 Å². The van der Waals surface area contributed by atoms with Crippen molar-refractivity contribution in [2.45, 2.75) is 6.92 Å². The van der Waals surface area contributed by atoms with Gasteiger partial charge in [0.05, 0.1) is 5.56 Å². The summed E-state index contributed by atoms with van der Waals surface area (Å²) in [5.41, 5.74) is 4.15. The van der Waals surface area contributed by atoms with Crippen molar-refractivity contribution < 1.29 is 14.3 Å². The summed E-state index contributed by atoms with van der Waals surface area (Å²) in [4.78, 5) is 24.2. The van der Waals surface area contributed by atoms with E-state index in [1.807, 2.05) is 61.5 Å². The van der Waals surface area contributed by atoms with Crippen LogP contribution in [0.3, 0.4) is 0 Å². The van der Waals surface area contributed by atoms with Crippen LogP contribution in [0.1, 0.15) is 26.3 Å². The average Bonchev–Trinajstić information content (AvgIpc) is 2.67. The fourth-order valence-electron chi connectivity index (χ4n) is 2.47. The van der Waals surface area contributed by atoms with Crippen LogP contribution in [-0.2, 0) is 4.74 Å². The molecular weight excluding hydrogens is 312 g/mol. The zero-order valence-electron chi connectivity index (χ0n) is 13.9. The fourth-order valence-corrected chi connectivity index (χ4v) is 2.47. The highest BCUT2D eigenvalue weighted by Crippen LogP contribution is 2.19. The maximum absolute atomic E-state index is 12.2. The Morgan fingerprint density at radius 3 is 1.92 bits per heavy atom. The zero-order chi connectivity index (χ0) is 17.6. The molecule has 3 aromatic carbocycles. The monoisotopic (exact) mass is 330 g/mol. The molecule has 0 saturated carbocycles. The number of rotatable bonds is 5. The summed E-state index contributed by atoms with van der Waals surface area (Å²) in [7, 11) is 0. The first-order valence-electron chi connectivity index (χ1n) is 8.06. The minimum absolute atomic E-state index is 0.222. The fraction of sp³-hybridized carbons (Fsp3) is 0.0909. The molecule has 3 heteroatoms. The predicted molar refractivity (Wildman–Crippen MR) is 97.7 cm³/mol. The van der Waals surface area contributed by atoms with Crippen LogP contribution < -0.4 is 0 Å². The summed E-state index contributed by atoms with van der Waals surface area (Å²) in [6.45, 7) is 1.68. The zero-order valence-corrected chi connectivity index (χ0v) is 13.9. The lowest BCUT2D eigenvalue weighted by Crippen LogP contribution is -2.14. The first kappa shape index (κ1) is 16.7. The van der Waals surface area contributed by atoms with E-state index < -0.39 is 5.97 Å². The van der Waals surface area contributed by atoms with Crippen LogP contribution >= 0.6 is 0 Å². The third-order valence-corrected chi connectivity index (χ3v) is 3.94. The molecule has 0 amide bonds. The predicted octanol–water partition coefficient (Wildman–Crippen LogP) is 4.70. The molecule has 0 radical (unpaired) electrons. The summed E-state index contributed by atoms with van der Waals surface area (Å²) in [6.07, 6.45) is 0. The number of ketones is 1. The quantitative estimate of drug-likeness (QED) is 0.503. The SMILES string of the molecule is Cc1ccc(C(=O)OCC(=O)c2ccc(-c3ccccc3)cc2)cc1. The van der Waals surface area contributed by atoms with Crippen LogP contribution in [0.2, 0.25) is 0 Å². The van der Waals surface area contributed by atoms with Crippen molar-refractivity contribution >= 4 is 11.8 Å². The summed E-state index contributed by atoms with van der Waals surface area (Å²) >= 11 is 0. The average molecular weight is 330 g/mol. The van der Waals surface area contributed by atoms with E-state index in [0.717, 1.165) is 16.7 Å². The third kappa shape index (κ3) is 4.21. The van der Waals surface area contributed by atoms with E-state index in [9.17, 15) is 9.59 Å². The molecule has 3 nitrogen and oxygen atoms in total. The van der Waals surface area contributed by atoms with Gasteiger partial charge in [0.15, 0.2) is 12.4 Å². The molecule has 0 bridgehead atoms. The summed E-state index contributed by atoms with van der Waals surface area (Å²) in [5, 5.41) is 0.